The lowest BCUT2D eigenvalue weighted by atomic mass is 9.92. The van der Waals surface area contributed by atoms with Crippen LogP contribution in [0.15, 0.2) is 58.6 Å². The standard InChI is InChI=1S/C25H31N3O5S/c29-24(26-19-23-7-4-17-33-23)21-8-13-27(14-9-21)25(30)22-10-15-28(16-11-22)34(31,32)18-12-20-5-2-1-3-6-20/h1-7,12,17-18,21-22H,8-11,13-16,19H2,(H,26,29)/b18-12+. The number of rotatable bonds is 7. The van der Waals surface area contributed by atoms with Gasteiger partial charge in [0, 0.05) is 43.4 Å². The van der Waals surface area contributed by atoms with Crippen molar-refractivity contribution in [2.24, 2.45) is 11.8 Å². The molecular formula is C25H31N3O5S. The number of furan rings is 1. The molecule has 0 radical (unpaired) electrons. The van der Waals surface area contributed by atoms with Gasteiger partial charge in [0.1, 0.15) is 5.76 Å². The van der Waals surface area contributed by atoms with Gasteiger partial charge in [-0.3, -0.25) is 9.59 Å². The van der Waals surface area contributed by atoms with Crippen LogP contribution in [0.4, 0.5) is 0 Å². The molecule has 0 unspecified atom stereocenters. The highest BCUT2D eigenvalue weighted by molar-refractivity contribution is 7.92. The highest BCUT2D eigenvalue weighted by atomic mass is 32.2. The molecule has 2 aromatic rings. The summed E-state index contributed by atoms with van der Waals surface area (Å²) in [6, 6.07) is 12.9. The van der Waals surface area contributed by atoms with Crippen LogP contribution in [-0.4, -0.2) is 55.6 Å². The molecule has 2 aliphatic heterocycles. The number of nitrogens with one attached hydrogen (secondary N) is 1. The summed E-state index contributed by atoms with van der Waals surface area (Å²) in [5.41, 5.74) is 0.828. The maximum absolute atomic E-state index is 13.0. The second kappa shape index (κ2) is 11.0. The van der Waals surface area contributed by atoms with E-state index in [0.717, 1.165) is 5.56 Å². The van der Waals surface area contributed by atoms with E-state index in [9.17, 15) is 18.0 Å². The van der Waals surface area contributed by atoms with Crippen LogP contribution < -0.4 is 5.32 Å². The van der Waals surface area contributed by atoms with Crippen LogP contribution in [-0.2, 0) is 26.2 Å². The molecule has 2 amide bonds. The topological polar surface area (TPSA) is 99.9 Å². The van der Waals surface area contributed by atoms with E-state index in [1.54, 1.807) is 18.4 Å². The first-order valence-corrected chi connectivity index (χ1v) is 13.2. The van der Waals surface area contributed by atoms with Crippen molar-refractivity contribution in [3.63, 3.8) is 0 Å². The Kier molecular flexibility index (Phi) is 7.84. The number of likely N-dealkylation sites (tertiary alicyclic amines) is 1. The van der Waals surface area contributed by atoms with Gasteiger partial charge < -0.3 is 14.6 Å². The van der Waals surface area contributed by atoms with Gasteiger partial charge in [-0.1, -0.05) is 30.3 Å². The van der Waals surface area contributed by atoms with E-state index < -0.39 is 10.0 Å². The van der Waals surface area contributed by atoms with Crippen LogP contribution in [0.2, 0.25) is 0 Å². The SMILES string of the molecule is O=C(NCc1ccco1)C1CCN(C(=O)C2CCN(S(=O)(=O)/C=C/c3ccccc3)CC2)CC1. The number of carbonyl (C=O) groups excluding carboxylic acids is 2. The quantitative estimate of drug-likeness (QED) is 0.650. The van der Waals surface area contributed by atoms with Gasteiger partial charge in [0.2, 0.25) is 21.8 Å². The first-order chi connectivity index (χ1) is 16.4. The summed E-state index contributed by atoms with van der Waals surface area (Å²) < 4.78 is 32.0. The summed E-state index contributed by atoms with van der Waals surface area (Å²) in [6.07, 6.45) is 5.47. The predicted octanol–water partition coefficient (Wildman–Crippen LogP) is 2.85. The zero-order valence-electron chi connectivity index (χ0n) is 19.1. The Morgan fingerprint density at radius 3 is 2.26 bits per heavy atom. The minimum atomic E-state index is -3.52. The summed E-state index contributed by atoms with van der Waals surface area (Å²) in [6.45, 7) is 2.14. The summed E-state index contributed by atoms with van der Waals surface area (Å²) in [7, 11) is -3.52. The Morgan fingerprint density at radius 2 is 1.62 bits per heavy atom. The van der Waals surface area contributed by atoms with Crippen molar-refractivity contribution in [3.8, 4) is 0 Å². The number of benzene rings is 1. The van der Waals surface area contributed by atoms with E-state index in [2.05, 4.69) is 5.32 Å². The molecule has 9 heteroatoms. The Bertz CT molecular complexity index is 1080. The smallest absolute Gasteiger partial charge is 0.236 e. The number of hydrogen-bond acceptors (Lipinski definition) is 5. The molecule has 1 aromatic carbocycles. The third-order valence-electron chi connectivity index (χ3n) is 6.59. The third kappa shape index (κ3) is 6.15. The summed E-state index contributed by atoms with van der Waals surface area (Å²) in [5.74, 6) is 0.498. The molecule has 3 heterocycles. The maximum atomic E-state index is 13.0. The van der Waals surface area contributed by atoms with E-state index in [1.165, 1.54) is 9.71 Å². The summed E-state index contributed by atoms with van der Waals surface area (Å²) in [5, 5.41) is 4.14. The number of amides is 2. The Hall–Kier alpha value is -2.91. The second-order valence-electron chi connectivity index (χ2n) is 8.83. The average molecular weight is 486 g/mol. The van der Waals surface area contributed by atoms with Crippen LogP contribution in [0.3, 0.4) is 0 Å². The lowest BCUT2D eigenvalue weighted by Crippen LogP contribution is -2.47. The van der Waals surface area contributed by atoms with Crippen molar-refractivity contribution < 1.29 is 22.4 Å². The van der Waals surface area contributed by atoms with E-state index in [1.807, 2.05) is 41.3 Å². The second-order valence-corrected chi connectivity index (χ2v) is 10.6. The van der Waals surface area contributed by atoms with E-state index in [-0.39, 0.29) is 23.7 Å². The molecule has 1 N–H and O–H groups in total. The fourth-order valence-electron chi connectivity index (χ4n) is 4.52. The Labute approximate surface area is 200 Å². The van der Waals surface area contributed by atoms with Gasteiger partial charge in [0.05, 0.1) is 12.8 Å². The van der Waals surface area contributed by atoms with Crippen molar-refractivity contribution >= 4 is 27.9 Å². The van der Waals surface area contributed by atoms with Crippen LogP contribution in [0.5, 0.6) is 0 Å². The monoisotopic (exact) mass is 485 g/mol. The Morgan fingerprint density at radius 1 is 0.941 bits per heavy atom. The van der Waals surface area contributed by atoms with E-state index in [4.69, 9.17) is 4.42 Å². The molecule has 0 aliphatic carbocycles. The molecule has 0 atom stereocenters. The lowest BCUT2D eigenvalue weighted by Gasteiger charge is -2.36. The van der Waals surface area contributed by atoms with Crippen LogP contribution in [0, 0.1) is 11.8 Å². The van der Waals surface area contributed by atoms with E-state index in [0.29, 0.717) is 64.2 Å². The summed E-state index contributed by atoms with van der Waals surface area (Å²) in [4.78, 5) is 27.3. The van der Waals surface area contributed by atoms with Crippen molar-refractivity contribution in [3.05, 3.63) is 65.5 Å². The van der Waals surface area contributed by atoms with Crippen molar-refractivity contribution in [2.75, 3.05) is 26.2 Å². The minimum Gasteiger partial charge on any atom is -0.467 e. The summed E-state index contributed by atoms with van der Waals surface area (Å²) >= 11 is 0. The molecule has 34 heavy (non-hydrogen) atoms. The number of piperidine rings is 2. The van der Waals surface area contributed by atoms with Gasteiger partial charge in [-0.25, -0.2) is 8.42 Å². The van der Waals surface area contributed by atoms with Crippen LogP contribution in [0.25, 0.3) is 6.08 Å². The molecule has 0 saturated carbocycles. The zero-order chi connectivity index (χ0) is 24.0. The van der Waals surface area contributed by atoms with Crippen molar-refractivity contribution in [1.29, 1.82) is 0 Å². The van der Waals surface area contributed by atoms with Gasteiger partial charge in [-0.05, 0) is 49.5 Å². The fourth-order valence-corrected chi connectivity index (χ4v) is 5.75. The first kappa shape index (κ1) is 24.2. The first-order valence-electron chi connectivity index (χ1n) is 11.7. The van der Waals surface area contributed by atoms with E-state index >= 15 is 0 Å². The highest BCUT2D eigenvalue weighted by Crippen LogP contribution is 2.25. The minimum absolute atomic E-state index is 0.00873. The Balaban J connectivity index is 1.21. The lowest BCUT2D eigenvalue weighted by molar-refractivity contribution is -0.140. The average Bonchev–Trinajstić information content (AvgIpc) is 3.40. The molecule has 1 aromatic heterocycles. The maximum Gasteiger partial charge on any atom is 0.236 e. The molecule has 2 fully saturated rings. The molecular weight excluding hydrogens is 454 g/mol. The third-order valence-corrected chi connectivity index (χ3v) is 8.15. The fraction of sp³-hybridized carbons (Fsp3) is 0.440. The van der Waals surface area contributed by atoms with Crippen LogP contribution >= 0.6 is 0 Å². The number of nitrogens with zero attached hydrogens (tertiary/aromatic N) is 2. The zero-order valence-corrected chi connectivity index (χ0v) is 20.0. The molecule has 182 valence electrons. The van der Waals surface area contributed by atoms with Crippen LogP contribution in [0.1, 0.15) is 37.0 Å². The van der Waals surface area contributed by atoms with Crippen molar-refractivity contribution in [2.45, 2.75) is 32.2 Å². The highest BCUT2D eigenvalue weighted by Gasteiger charge is 2.34. The van der Waals surface area contributed by atoms with Crippen molar-refractivity contribution in [1.82, 2.24) is 14.5 Å². The van der Waals surface area contributed by atoms with Gasteiger partial charge in [0.15, 0.2) is 0 Å². The molecule has 0 spiro atoms. The van der Waals surface area contributed by atoms with Gasteiger partial charge in [-0.15, -0.1) is 0 Å². The van der Waals surface area contributed by atoms with Gasteiger partial charge in [-0.2, -0.15) is 4.31 Å². The number of sulfonamides is 1. The molecule has 4 rings (SSSR count). The number of carbonyl (C=O) groups is 2. The molecule has 2 aliphatic rings. The molecule has 0 bridgehead atoms. The molecule has 8 nitrogen and oxygen atoms in total. The number of hydrogen-bond donors (Lipinski definition) is 1. The normalized spacial score (nSPS) is 18.9. The molecule has 2 saturated heterocycles. The van der Waals surface area contributed by atoms with Gasteiger partial charge in [0.25, 0.3) is 0 Å². The van der Waals surface area contributed by atoms with Gasteiger partial charge >= 0.3 is 0 Å². The largest absolute Gasteiger partial charge is 0.467 e. The predicted molar refractivity (Wildman–Crippen MR) is 129 cm³/mol.